The van der Waals surface area contributed by atoms with Gasteiger partial charge in [0.05, 0.1) is 5.69 Å². The lowest BCUT2D eigenvalue weighted by atomic mass is 10.2. The number of hydrogen-bond acceptors (Lipinski definition) is 4. The van der Waals surface area contributed by atoms with Crippen LogP contribution >= 0.6 is 0 Å². The van der Waals surface area contributed by atoms with Crippen LogP contribution in [0.25, 0.3) is 22.4 Å². The fraction of sp³-hybridized carbons (Fsp3) is 0.154. The Bertz CT molecular complexity index is 687. The van der Waals surface area contributed by atoms with Crippen molar-refractivity contribution in [1.29, 1.82) is 0 Å². The number of fused-ring (bicyclic) bond motifs is 1. The van der Waals surface area contributed by atoms with Crippen molar-refractivity contribution >= 4 is 11.0 Å². The summed E-state index contributed by atoms with van der Waals surface area (Å²) in [6, 6.07) is 3.82. The molecule has 3 N–H and O–H groups in total. The first-order valence-corrected chi connectivity index (χ1v) is 5.74. The molecule has 90 valence electrons. The Morgan fingerprint density at radius 3 is 2.94 bits per heavy atom. The van der Waals surface area contributed by atoms with E-state index in [1.165, 1.54) is 0 Å². The number of nitrogens with two attached hydrogens (primary N) is 1. The second-order valence-corrected chi connectivity index (χ2v) is 4.12. The van der Waals surface area contributed by atoms with Crippen LogP contribution in [0.4, 0.5) is 0 Å². The maximum absolute atomic E-state index is 5.69. The van der Waals surface area contributed by atoms with Crippen LogP contribution in [-0.4, -0.2) is 19.9 Å². The molecule has 0 unspecified atom stereocenters. The minimum Gasteiger partial charge on any atom is -0.346 e. The number of H-pyrrole nitrogens is 1. The van der Waals surface area contributed by atoms with Gasteiger partial charge in [0, 0.05) is 36.1 Å². The van der Waals surface area contributed by atoms with Crippen LogP contribution in [0.5, 0.6) is 0 Å². The molecule has 3 heterocycles. The van der Waals surface area contributed by atoms with Gasteiger partial charge in [0.1, 0.15) is 5.65 Å². The van der Waals surface area contributed by atoms with Gasteiger partial charge in [-0.3, -0.25) is 4.98 Å². The number of aromatic nitrogens is 4. The predicted octanol–water partition coefficient (Wildman–Crippen LogP) is 1.79. The Morgan fingerprint density at radius 2 is 2.22 bits per heavy atom. The Hall–Kier alpha value is -2.27. The summed E-state index contributed by atoms with van der Waals surface area (Å²) in [6.07, 6.45) is 5.38. The molecule has 3 rings (SSSR count). The van der Waals surface area contributed by atoms with E-state index in [2.05, 4.69) is 19.9 Å². The van der Waals surface area contributed by atoms with Gasteiger partial charge in [-0.1, -0.05) is 0 Å². The van der Waals surface area contributed by atoms with Gasteiger partial charge in [-0.15, -0.1) is 0 Å². The highest BCUT2D eigenvalue weighted by molar-refractivity contribution is 5.83. The molecule has 18 heavy (non-hydrogen) atoms. The van der Waals surface area contributed by atoms with Crippen LogP contribution in [0.1, 0.15) is 11.3 Å². The molecular formula is C13H13N5. The van der Waals surface area contributed by atoms with E-state index in [1.54, 1.807) is 12.4 Å². The van der Waals surface area contributed by atoms with E-state index < -0.39 is 0 Å². The molecule has 0 bridgehead atoms. The second-order valence-electron chi connectivity index (χ2n) is 4.12. The van der Waals surface area contributed by atoms with Gasteiger partial charge in [0.15, 0.2) is 5.82 Å². The molecule has 0 aliphatic heterocycles. The van der Waals surface area contributed by atoms with E-state index in [-0.39, 0.29) is 0 Å². The quantitative estimate of drug-likeness (QED) is 0.714. The SMILES string of the molecule is Cc1nc(-c2cccnc2)nc2[nH]cc(CN)c12. The first-order chi connectivity index (χ1) is 8.79. The number of rotatable bonds is 2. The van der Waals surface area contributed by atoms with Crippen molar-refractivity contribution in [3.05, 3.63) is 42.0 Å². The zero-order valence-corrected chi connectivity index (χ0v) is 10.0. The summed E-state index contributed by atoms with van der Waals surface area (Å²) in [6.45, 7) is 2.45. The van der Waals surface area contributed by atoms with Crippen molar-refractivity contribution in [3.8, 4) is 11.4 Å². The van der Waals surface area contributed by atoms with E-state index >= 15 is 0 Å². The van der Waals surface area contributed by atoms with Crippen LogP contribution in [-0.2, 0) is 6.54 Å². The number of nitrogens with zero attached hydrogens (tertiary/aromatic N) is 3. The van der Waals surface area contributed by atoms with E-state index in [4.69, 9.17) is 5.73 Å². The molecule has 0 aliphatic rings. The highest BCUT2D eigenvalue weighted by Gasteiger charge is 2.11. The van der Waals surface area contributed by atoms with Gasteiger partial charge in [-0.25, -0.2) is 9.97 Å². The summed E-state index contributed by atoms with van der Waals surface area (Å²) < 4.78 is 0. The van der Waals surface area contributed by atoms with Crippen molar-refractivity contribution in [2.75, 3.05) is 0 Å². The van der Waals surface area contributed by atoms with Gasteiger partial charge in [0.2, 0.25) is 0 Å². The third kappa shape index (κ3) is 1.65. The Balaban J connectivity index is 2.23. The molecule has 0 saturated carbocycles. The molecule has 0 aliphatic carbocycles. The molecule has 3 aromatic heterocycles. The smallest absolute Gasteiger partial charge is 0.163 e. The standard InChI is InChI=1S/C13H13N5/c1-8-11-10(5-14)7-16-13(11)18-12(17-8)9-3-2-4-15-6-9/h2-4,6-7H,5,14H2,1H3,(H,16,17,18). The summed E-state index contributed by atoms with van der Waals surface area (Å²) in [5.74, 6) is 0.679. The van der Waals surface area contributed by atoms with Gasteiger partial charge in [-0.05, 0) is 24.6 Å². The average Bonchev–Trinajstić information content (AvgIpc) is 2.83. The Morgan fingerprint density at radius 1 is 1.33 bits per heavy atom. The maximum Gasteiger partial charge on any atom is 0.163 e. The van der Waals surface area contributed by atoms with Crippen molar-refractivity contribution in [2.24, 2.45) is 5.73 Å². The predicted molar refractivity (Wildman–Crippen MR) is 69.7 cm³/mol. The molecule has 0 radical (unpaired) electrons. The number of aromatic amines is 1. The third-order valence-electron chi connectivity index (χ3n) is 2.93. The average molecular weight is 239 g/mol. The monoisotopic (exact) mass is 239 g/mol. The molecule has 0 atom stereocenters. The number of aryl methyl sites for hydroxylation is 1. The highest BCUT2D eigenvalue weighted by atomic mass is 15.0. The lowest BCUT2D eigenvalue weighted by Gasteiger charge is -2.03. The minimum absolute atomic E-state index is 0.483. The second kappa shape index (κ2) is 4.19. The number of nitrogens with one attached hydrogen (secondary N) is 1. The first kappa shape index (κ1) is 10.9. The molecule has 3 aromatic rings. The van der Waals surface area contributed by atoms with Crippen LogP contribution in [0.2, 0.25) is 0 Å². The molecule has 0 saturated heterocycles. The van der Waals surface area contributed by atoms with E-state index in [9.17, 15) is 0 Å². The minimum atomic E-state index is 0.483. The number of pyridine rings is 1. The third-order valence-corrected chi connectivity index (χ3v) is 2.93. The zero-order chi connectivity index (χ0) is 12.5. The summed E-state index contributed by atoms with van der Waals surface area (Å²) in [4.78, 5) is 16.3. The summed E-state index contributed by atoms with van der Waals surface area (Å²) in [5, 5.41) is 1.02. The summed E-state index contributed by atoms with van der Waals surface area (Å²) in [5.41, 5.74) is 9.40. The van der Waals surface area contributed by atoms with Crippen LogP contribution < -0.4 is 5.73 Å². The first-order valence-electron chi connectivity index (χ1n) is 5.74. The Kier molecular flexibility index (Phi) is 2.53. The molecule has 0 spiro atoms. The Labute approximate surface area is 104 Å². The molecule has 5 nitrogen and oxygen atoms in total. The zero-order valence-electron chi connectivity index (χ0n) is 10.0. The molecule has 0 aromatic carbocycles. The van der Waals surface area contributed by atoms with Gasteiger partial charge in [-0.2, -0.15) is 0 Å². The number of hydrogen-bond donors (Lipinski definition) is 2. The molecular weight excluding hydrogens is 226 g/mol. The van der Waals surface area contributed by atoms with Crippen LogP contribution in [0.3, 0.4) is 0 Å². The van der Waals surface area contributed by atoms with E-state index in [0.29, 0.717) is 12.4 Å². The topological polar surface area (TPSA) is 80.5 Å². The highest BCUT2D eigenvalue weighted by Crippen LogP contribution is 2.22. The van der Waals surface area contributed by atoms with Crippen molar-refractivity contribution in [2.45, 2.75) is 13.5 Å². The van der Waals surface area contributed by atoms with Gasteiger partial charge in [0.25, 0.3) is 0 Å². The maximum atomic E-state index is 5.69. The lowest BCUT2D eigenvalue weighted by Crippen LogP contribution is -1.98. The summed E-state index contributed by atoms with van der Waals surface area (Å²) in [7, 11) is 0. The van der Waals surface area contributed by atoms with E-state index in [1.807, 2.05) is 25.3 Å². The lowest BCUT2D eigenvalue weighted by molar-refractivity contribution is 1.08. The molecule has 0 amide bonds. The normalized spacial score (nSPS) is 11.0. The van der Waals surface area contributed by atoms with Gasteiger partial charge < -0.3 is 10.7 Å². The fourth-order valence-electron chi connectivity index (χ4n) is 2.07. The fourth-order valence-corrected chi connectivity index (χ4v) is 2.07. The molecule has 0 fully saturated rings. The largest absolute Gasteiger partial charge is 0.346 e. The van der Waals surface area contributed by atoms with Crippen LogP contribution in [0.15, 0.2) is 30.7 Å². The van der Waals surface area contributed by atoms with E-state index in [0.717, 1.165) is 27.9 Å². The van der Waals surface area contributed by atoms with Crippen LogP contribution in [0, 0.1) is 6.92 Å². The van der Waals surface area contributed by atoms with Crippen molar-refractivity contribution in [3.63, 3.8) is 0 Å². The summed E-state index contributed by atoms with van der Waals surface area (Å²) >= 11 is 0. The van der Waals surface area contributed by atoms with Crippen molar-refractivity contribution in [1.82, 2.24) is 19.9 Å². The van der Waals surface area contributed by atoms with Gasteiger partial charge >= 0.3 is 0 Å². The molecule has 5 heteroatoms. The van der Waals surface area contributed by atoms with Crippen molar-refractivity contribution < 1.29 is 0 Å².